The first-order chi connectivity index (χ1) is 8.20. The molecule has 0 radical (unpaired) electrons. The zero-order chi connectivity index (χ0) is 14.2. The predicted molar refractivity (Wildman–Crippen MR) is 73.8 cm³/mol. The van der Waals surface area contributed by atoms with Gasteiger partial charge in [0.25, 0.3) is 0 Å². The average Bonchev–Trinajstić information content (AvgIpc) is 2.13. The summed E-state index contributed by atoms with van der Waals surface area (Å²) in [6.07, 6.45) is -0.415. The summed E-state index contributed by atoms with van der Waals surface area (Å²) in [5.41, 5.74) is 0. The third kappa shape index (κ3) is 12.1. The first-order valence-electron chi connectivity index (χ1n) is 5.48. The number of carbonyl (C=O) groups is 2. The molecule has 18 heavy (non-hydrogen) atoms. The summed E-state index contributed by atoms with van der Waals surface area (Å²) in [5.74, 6) is -0.852. The fourth-order valence-electron chi connectivity index (χ4n) is 0.915. The molecule has 0 spiro atoms. The molecule has 0 fully saturated rings. The Bertz CT molecular complexity index is 275. The Labute approximate surface area is 115 Å². The second-order valence-electron chi connectivity index (χ2n) is 4.62. The summed E-state index contributed by atoms with van der Waals surface area (Å²) >= 11 is 0. The van der Waals surface area contributed by atoms with Gasteiger partial charge in [0, 0.05) is 17.4 Å². The lowest BCUT2D eigenvalue weighted by atomic mass is 10.3. The fraction of sp³-hybridized carbons (Fsp3) is 0.818. The van der Waals surface area contributed by atoms with Gasteiger partial charge in [-0.1, -0.05) is 42.4 Å². The van der Waals surface area contributed by atoms with Gasteiger partial charge in [-0.3, -0.25) is 4.79 Å². The van der Waals surface area contributed by atoms with Gasteiger partial charge in [0.1, 0.15) is 12.7 Å². The molecule has 0 aliphatic rings. The number of hydrogen-bond donors (Lipinski definition) is 1. The van der Waals surface area contributed by atoms with E-state index in [1.54, 1.807) is 21.6 Å². The van der Waals surface area contributed by atoms with E-state index < -0.39 is 12.1 Å². The molecule has 0 aromatic rings. The van der Waals surface area contributed by atoms with Crippen LogP contribution in [0, 0.1) is 0 Å². The minimum Gasteiger partial charge on any atom is -0.480 e. The normalized spacial score (nSPS) is 13.1. The van der Waals surface area contributed by atoms with Crippen LogP contribution in [-0.2, 0) is 19.1 Å². The van der Waals surface area contributed by atoms with Crippen molar-refractivity contribution in [2.24, 2.45) is 0 Å². The standard InChI is InChI=1S/C11H20O5S2/c1-8(12)16-9(5-15-6-10(13)14)7-17-18-11(2,3)4/h9H,5-7H2,1-4H3,(H,13,14). The van der Waals surface area contributed by atoms with Crippen LogP contribution in [0.15, 0.2) is 0 Å². The van der Waals surface area contributed by atoms with Gasteiger partial charge < -0.3 is 14.6 Å². The smallest absolute Gasteiger partial charge is 0.329 e. The minimum atomic E-state index is -1.03. The zero-order valence-corrected chi connectivity index (χ0v) is 12.7. The lowest BCUT2D eigenvalue weighted by Gasteiger charge is -2.20. The van der Waals surface area contributed by atoms with Crippen LogP contribution in [0.2, 0.25) is 0 Å². The molecule has 0 aliphatic carbocycles. The summed E-state index contributed by atoms with van der Waals surface area (Å²) in [6, 6.07) is 0. The molecule has 1 atom stereocenters. The molecule has 5 nitrogen and oxygen atoms in total. The van der Waals surface area contributed by atoms with Crippen LogP contribution in [0.4, 0.5) is 0 Å². The van der Waals surface area contributed by atoms with Gasteiger partial charge in [-0.05, 0) is 0 Å². The second kappa shape index (κ2) is 8.66. The summed E-state index contributed by atoms with van der Waals surface area (Å²) < 4.78 is 10.1. The topological polar surface area (TPSA) is 72.8 Å². The number of hydrogen-bond acceptors (Lipinski definition) is 6. The Hall–Kier alpha value is -0.400. The van der Waals surface area contributed by atoms with Crippen molar-refractivity contribution in [2.75, 3.05) is 19.0 Å². The Morgan fingerprint density at radius 1 is 1.33 bits per heavy atom. The van der Waals surface area contributed by atoms with Crippen LogP contribution >= 0.6 is 21.6 Å². The highest BCUT2D eigenvalue weighted by atomic mass is 33.1. The van der Waals surface area contributed by atoms with Gasteiger partial charge in [0.2, 0.25) is 0 Å². The fourth-order valence-corrected chi connectivity index (χ4v) is 3.37. The number of ether oxygens (including phenoxy) is 2. The van der Waals surface area contributed by atoms with Crippen LogP contribution in [-0.4, -0.2) is 46.9 Å². The number of carbonyl (C=O) groups excluding carboxylic acids is 1. The molecule has 0 heterocycles. The van der Waals surface area contributed by atoms with Crippen molar-refractivity contribution >= 4 is 33.5 Å². The Balaban J connectivity index is 3.98. The van der Waals surface area contributed by atoms with Gasteiger partial charge in [-0.2, -0.15) is 0 Å². The van der Waals surface area contributed by atoms with Gasteiger partial charge in [0.15, 0.2) is 0 Å². The summed E-state index contributed by atoms with van der Waals surface area (Å²) in [5, 5.41) is 8.45. The van der Waals surface area contributed by atoms with Gasteiger partial charge in [-0.25, -0.2) is 4.79 Å². The number of esters is 1. The van der Waals surface area contributed by atoms with E-state index in [0.717, 1.165) is 0 Å². The predicted octanol–water partition coefficient (Wildman–Crippen LogP) is 2.20. The third-order valence-corrected chi connectivity index (χ3v) is 4.81. The molecule has 106 valence electrons. The van der Waals surface area contributed by atoms with E-state index in [1.807, 2.05) is 0 Å². The molecule has 0 amide bonds. The Kier molecular flexibility index (Phi) is 8.47. The van der Waals surface area contributed by atoms with Crippen molar-refractivity contribution in [2.45, 2.75) is 38.5 Å². The molecule has 1 unspecified atom stereocenters. The van der Waals surface area contributed by atoms with E-state index in [9.17, 15) is 9.59 Å². The number of carboxylic acid groups (broad SMARTS) is 1. The highest BCUT2D eigenvalue weighted by Gasteiger charge is 2.17. The molecule has 0 aromatic carbocycles. The quantitative estimate of drug-likeness (QED) is 0.543. The molecule has 0 aromatic heterocycles. The van der Waals surface area contributed by atoms with E-state index in [-0.39, 0.29) is 23.9 Å². The van der Waals surface area contributed by atoms with E-state index in [1.165, 1.54) is 6.92 Å². The maximum Gasteiger partial charge on any atom is 0.329 e. The second-order valence-corrected chi connectivity index (χ2v) is 7.79. The van der Waals surface area contributed by atoms with Crippen LogP contribution in [0.25, 0.3) is 0 Å². The van der Waals surface area contributed by atoms with E-state index >= 15 is 0 Å². The molecule has 0 rings (SSSR count). The molecule has 0 saturated carbocycles. The van der Waals surface area contributed by atoms with Crippen LogP contribution in [0.1, 0.15) is 27.7 Å². The van der Waals surface area contributed by atoms with Gasteiger partial charge in [0.05, 0.1) is 6.61 Å². The number of rotatable bonds is 8. The first-order valence-corrected chi connectivity index (χ1v) is 7.80. The Morgan fingerprint density at radius 3 is 2.39 bits per heavy atom. The lowest BCUT2D eigenvalue weighted by Crippen LogP contribution is -2.26. The van der Waals surface area contributed by atoms with Crippen molar-refractivity contribution in [1.29, 1.82) is 0 Å². The molecular formula is C11H20O5S2. The highest BCUT2D eigenvalue weighted by Crippen LogP contribution is 2.35. The van der Waals surface area contributed by atoms with Crippen molar-refractivity contribution in [3.05, 3.63) is 0 Å². The first kappa shape index (κ1) is 17.6. The van der Waals surface area contributed by atoms with E-state index in [4.69, 9.17) is 14.6 Å². The number of aliphatic carboxylic acids is 1. The van der Waals surface area contributed by atoms with Crippen molar-refractivity contribution < 1.29 is 24.2 Å². The monoisotopic (exact) mass is 296 g/mol. The Morgan fingerprint density at radius 2 is 1.94 bits per heavy atom. The van der Waals surface area contributed by atoms with Crippen molar-refractivity contribution in [1.82, 2.24) is 0 Å². The lowest BCUT2D eigenvalue weighted by molar-refractivity contribution is -0.150. The highest BCUT2D eigenvalue weighted by molar-refractivity contribution is 8.77. The largest absolute Gasteiger partial charge is 0.480 e. The molecule has 7 heteroatoms. The summed E-state index contributed by atoms with van der Waals surface area (Å²) in [7, 11) is 3.26. The van der Waals surface area contributed by atoms with E-state index in [0.29, 0.717) is 5.75 Å². The van der Waals surface area contributed by atoms with Crippen molar-refractivity contribution in [3.63, 3.8) is 0 Å². The van der Waals surface area contributed by atoms with Gasteiger partial charge in [-0.15, -0.1) is 0 Å². The summed E-state index contributed by atoms with van der Waals surface area (Å²) in [6.45, 7) is 7.31. The molecule has 0 aliphatic heterocycles. The van der Waals surface area contributed by atoms with Crippen LogP contribution in [0.3, 0.4) is 0 Å². The summed E-state index contributed by atoms with van der Waals surface area (Å²) in [4.78, 5) is 21.2. The maximum atomic E-state index is 10.9. The number of carboxylic acids is 1. The molecular weight excluding hydrogens is 276 g/mol. The van der Waals surface area contributed by atoms with E-state index in [2.05, 4.69) is 20.8 Å². The third-order valence-electron chi connectivity index (χ3n) is 1.42. The maximum absolute atomic E-state index is 10.9. The van der Waals surface area contributed by atoms with Gasteiger partial charge >= 0.3 is 11.9 Å². The van der Waals surface area contributed by atoms with Crippen LogP contribution < -0.4 is 0 Å². The van der Waals surface area contributed by atoms with Crippen molar-refractivity contribution in [3.8, 4) is 0 Å². The SMILES string of the molecule is CC(=O)OC(COCC(=O)O)CSSC(C)(C)C. The average molecular weight is 296 g/mol. The molecule has 1 N–H and O–H groups in total. The molecule has 0 saturated heterocycles. The van der Waals surface area contributed by atoms with Crippen LogP contribution in [0.5, 0.6) is 0 Å². The minimum absolute atomic E-state index is 0.101. The zero-order valence-electron chi connectivity index (χ0n) is 11.1. The molecule has 0 bridgehead atoms.